The molecule has 0 amide bonds. The number of hydrogen-bond donors (Lipinski definition) is 2. The highest BCUT2D eigenvalue weighted by Crippen LogP contribution is 2.28. The minimum Gasteiger partial charge on any atom is -0.391 e. The van der Waals surface area contributed by atoms with Gasteiger partial charge in [0.2, 0.25) is 0 Å². The number of anilines is 1. The molecule has 18 heavy (non-hydrogen) atoms. The molecule has 1 unspecified atom stereocenters. The number of halogens is 2. The van der Waals surface area contributed by atoms with E-state index in [0.717, 1.165) is 6.42 Å². The summed E-state index contributed by atoms with van der Waals surface area (Å²) in [5, 5.41) is 13.3. The highest BCUT2D eigenvalue weighted by molar-refractivity contribution is 6.30. The van der Waals surface area contributed by atoms with Crippen molar-refractivity contribution in [1.29, 1.82) is 0 Å². The maximum absolute atomic E-state index is 13.1. The van der Waals surface area contributed by atoms with E-state index in [9.17, 15) is 9.50 Å². The summed E-state index contributed by atoms with van der Waals surface area (Å²) in [4.78, 5) is 0. The van der Waals surface area contributed by atoms with Gasteiger partial charge in [0.05, 0.1) is 6.10 Å². The Hall–Kier alpha value is -0.800. The summed E-state index contributed by atoms with van der Waals surface area (Å²) in [6.07, 6.45) is 5.46. The van der Waals surface area contributed by atoms with Crippen LogP contribution >= 0.6 is 11.6 Å². The molecule has 4 heteroatoms. The van der Waals surface area contributed by atoms with E-state index < -0.39 is 0 Å². The van der Waals surface area contributed by atoms with Gasteiger partial charge in [-0.3, -0.25) is 0 Å². The Morgan fingerprint density at radius 1 is 1.33 bits per heavy atom. The molecule has 0 bridgehead atoms. The Kier molecular flexibility index (Phi) is 4.84. The van der Waals surface area contributed by atoms with Crippen molar-refractivity contribution in [3.63, 3.8) is 0 Å². The van der Waals surface area contributed by atoms with Gasteiger partial charge < -0.3 is 10.4 Å². The van der Waals surface area contributed by atoms with Crippen molar-refractivity contribution < 1.29 is 9.50 Å². The topological polar surface area (TPSA) is 32.3 Å². The molecule has 1 atom stereocenters. The van der Waals surface area contributed by atoms with Crippen LogP contribution in [0.1, 0.15) is 32.1 Å². The van der Waals surface area contributed by atoms with Crippen LogP contribution in [0, 0.1) is 11.7 Å². The first kappa shape index (κ1) is 13.6. The largest absolute Gasteiger partial charge is 0.391 e. The van der Waals surface area contributed by atoms with Gasteiger partial charge in [0, 0.05) is 17.3 Å². The fourth-order valence-electron chi connectivity index (χ4n) is 2.61. The molecule has 100 valence electrons. The van der Waals surface area contributed by atoms with Crippen molar-refractivity contribution in [1.82, 2.24) is 0 Å². The van der Waals surface area contributed by atoms with E-state index in [-0.39, 0.29) is 11.9 Å². The van der Waals surface area contributed by atoms with E-state index >= 15 is 0 Å². The Morgan fingerprint density at radius 2 is 2.06 bits per heavy atom. The molecule has 2 N–H and O–H groups in total. The maximum Gasteiger partial charge on any atom is 0.126 e. The van der Waals surface area contributed by atoms with Crippen molar-refractivity contribution in [3.05, 3.63) is 29.0 Å². The monoisotopic (exact) mass is 271 g/mol. The lowest BCUT2D eigenvalue weighted by atomic mass is 10.00. The van der Waals surface area contributed by atoms with Gasteiger partial charge in [0.25, 0.3) is 0 Å². The zero-order valence-electron chi connectivity index (χ0n) is 10.3. The van der Waals surface area contributed by atoms with Crippen molar-refractivity contribution >= 4 is 17.3 Å². The van der Waals surface area contributed by atoms with Crippen molar-refractivity contribution in [3.8, 4) is 0 Å². The highest BCUT2D eigenvalue weighted by Gasteiger charge is 2.18. The summed E-state index contributed by atoms with van der Waals surface area (Å²) in [5.41, 5.74) is 0.616. The normalized spacial score (nSPS) is 17.9. The summed E-state index contributed by atoms with van der Waals surface area (Å²) in [6, 6.07) is 4.31. The molecule has 0 spiro atoms. The fraction of sp³-hybridized carbons (Fsp3) is 0.571. The quantitative estimate of drug-likeness (QED) is 0.853. The van der Waals surface area contributed by atoms with Crippen LogP contribution in [0.2, 0.25) is 5.02 Å². The molecule has 1 fully saturated rings. The number of benzene rings is 1. The number of aliphatic hydroxyl groups is 1. The second-order valence-electron chi connectivity index (χ2n) is 5.08. The van der Waals surface area contributed by atoms with Gasteiger partial charge >= 0.3 is 0 Å². The van der Waals surface area contributed by atoms with E-state index in [1.54, 1.807) is 6.07 Å². The van der Waals surface area contributed by atoms with Crippen LogP contribution in [0.4, 0.5) is 10.1 Å². The second kappa shape index (κ2) is 6.39. The lowest BCUT2D eigenvalue weighted by Gasteiger charge is -2.16. The van der Waals surface area contributed by atoms with Gasteiger partial charge in [-0.1, -0.05) is 37.3 Å². The molecule has 0 aromatic heterocycles. The van der Waals surface area contributed by atoms with Gasteiger partial charge in [-0.2, -0.15) is 0 Å². The van der Waals surface area contributed by atoms with Gasteiger partial charge in [-0.05, 0) is 30.5 Å². The molecule has 0 radical (unpaired) electrons. The predicted octanol–water partition coefficient (Wildman–Crippen LogP) is 3.83. The summed E-state index contributed by atoms with van der Waals surface area (Å²) in [6.45, 7) is 0.441. The molecular formula is C14H19ClFNO. The van der Waals surface area contributed by atoms with Crippen LogP contribution in [0.25, 0.3) is 0 Å². The molecule has 1 saturated carbocycles. The molecule has 0 heterocycles. The van der Waals surface area contributed by atoms with Crippen LogP contribution in [0.3, 0.4) is 0 Å². The Balaban J connectivity index is 1.79. The summed E-state index contributed by atoms with van der Waals surface area (Å²) in [5.74, 6) is 0.285. The lowest BCUT2D eigenvalue weighted by Crippen LogP contribution is -2.22. The van der Waals surface area contributed by atoms with Gasteiger partial charge in [-0.25, -0.2) is 4.39 Å². The Labute approximate surface area is 112 Å². The molecule has 0 aliphatic heterocycles. The molecular weight excluding hydrogens is 253 g/mol. The smallest absolute Gasteiger partial charge is 0.126 e. The van der Waals surface area contributed by atoms with Crippen molar-refractivity contribution in [2.75, 3.05) is 11.9 Å². The standard InChI is InChI=1S/C14H19ClFNO/c15-11-6-12(16)8-13(7-11)17-9-14(18)5-10-3-1-2-4-10/h6-8,10,14,17-18H,1-5,9H2. The first-order valence-electron chi connectivity index (χ1n) is 6.51. The van der Waals surface area contributed by atoms with Crippen molar-refractivity contribution in [2.24, 2.45) is 5.92 Å². The summed E-state index contributed by atoms with van der Waals surface area (Å²) in [7, 11) is 0. The van der Waals surface area contributed by atoms with E-state index in [4.69, 9.17) is 11.6 Å². The molecule has 1 aromatic carbocycles. The van der Waals surface area contributed by atoms with Gasteiger partial charge in [-0.15, -0.1) is 0 Å². The molecule has 0 saturated heterocycles. The zero-order valence-corrected chi connectivity index (χ0v) is 11.1. The maximum atomic E-state index is 13.1. The minimum absolute atomic E-state index is 0.364. The van der Waals surface area contributed by atoms with E-state index in [0.29, 0.717) is 23.2 Å². The average Bonchev–Trinajstić information content (AvgIpc) is 2.78. The van der Waals surface area contributed by atoms with E-state index in [2.05, 4.69) is 5.32 Å². The summed E-state index contributed by atoms with van der Waals surface area (Å²) >= 11 is 5.76. The first-order valence-corrected chi connectivity index (χ1v) is 6.89. The van der Waals surface area contributed by atoms with E-state index in [1.165, 1.54) is 37.8 Å². The van der Waals surface area contributed by atoms with Crippen LogP contribution in [0.15, 0.2) is 18.2 Å². The van der Waals surface area contributed by atoms with Crippen LogP contribution in [0.5, 0.6) is 0 Å². The Bertz CT molecular complexity index is 373. The fourth-order valence-corrected chi connectivity index (χ4v) is 2.83. The molecule has 1 aliphatic carbocycles. The summed E-state index contributed by atoms with van der Waals surface area (Å²) < 4.78 is 13.1. The van der Waals surface area contributed by atoms with Crippen LogP contribution < -0.4 is 5.32 Å². The Morgan fingerprint density at radius 3 is 2.72 bits per heavy atom. The molecule has 2 rings (SSSR count). The lowest BCUT2D eigenvalue weighted by molar-refractivity contribution is 0.155. The second-order valence-corrected chi connectivity index (χ2v) is 5.52. The third-order valence-electron chi connectivity index (χ3n) is 3.48. The van der Waals surface area contributed by atoms with Crippen LogP contribution in [-0.4, -0.2) is 17.8 Å². The molecule has 2 nitrogen and oxygen atoms in total. The third-order valence-corrected chi connectivity index (χ3v) is 3.70. The number of hydrogen-bond acceptors (Lipinski definition) is 2. The average molecular weight is 272 g/mol. The molecule has 1 aromatic rings. The number of aliphatic hydroxyl groups excluding tert-OH is 1. The number of rotatable bonds is 5. The van der Waals surface area contributed by atoms with E-state index in [1.807, 2.05) is 0 Å². The van der Waals surface area contributed by atoms with Gasteiger partial charge in [0.1, 0.15) is 5.82 Å². The number of nitrogens with one attached hydrogen (secondary N) is 1. The van der Waals surface area contributed by atoms with Gasteiger partial charge in [0.15, 0.2) is 0 Å². The molecule has 1 aliphatic rings. The third kappa shape index (κ3) is 4.14. The van der Waals surface area contributed by atoms with Crippen molar-refractivity contribution in [2.45, 2.75) is 38.2 Å². The SMILES string of the molecule is OC(CNc1cc(F)cc(Cl)c1)CC1CCCC1. The zero-order chi connectivity index (χ0) is 13.0. The highest BCUT2D eigenvalue weighted by atomic mass is 35.5. The first-order chi connectivity index (χ1) is 8.63. The minimum atomic E-state index is -0.379. The van der Waals surface area contributed by atoms with Crippen LogP contribution in [-0.2, 0) is 0 Å². The predicted molar refractivity (Wildman–Crippen MR) is 72.5 cm³/mol.